The van der Waals surface area contributed by atoms with Crippen molar-refractivity contribution in [2.45, 2.75) is 52.4 Å². The summed E-state index contributed by atoms with van der Waals surface area (Å²) in [4.78, 5) is 2.53. The summed E-state index contributed by atoms with van der Waals surface area (Å²) in [6.07, 6.45) is 0. The summed E-state index contributed by atoms with van der Waals surface area (Å²) in [5.74, 6) is 0. The third kappa shape index (κ3) is 6.86. The summed E-state index contributed by atoms with van der Waals surface area (Å²) in [6, 6.07) is 81.4. The molecule has 0 atom stereocenters. The summed E-state index contributed by atoms with van der Waals surface area (Å²) in [6.45, 7) is 13.9. The largest absolute Gasteiger partial charge is 0.309 e. The number of para-hydroxylation sites is 1. The molecule has 68 heavy (non-hydrogen) atoms. The van der Waals surface area contributed by atoms with Crippen LogP contribution in [-0.2, 0) is 10.8 Å². The molecular weight excluding hydrogens is 821 g/mol. The molecule has 12 aromatic rings. The maximum atomic E-state index is 2.53. The molecule has 0 N–H and O–H groups in total. The van der Waals surface area contributed by atoms with E-state index in [4.69, 9.17) is 0 Å². The zero-order valence-electron chi connectivity index (χ0n) is 39.7. The van der Waals surface area contributed by atoms with Crippen molar-refractivity contribution >= 4 is 71.2 Å². The Balaban J connectivity index is 1.14. The molecule has 1 heterocycles. The van der Waals surface area contributed by atoms with Crippen molar-refractivity contribution in [3.63, 3.8) is 0 Å². The van der Waals surface area contributed by atoms with E-state index in [0.717, 1.165) is 17.1 Å². The molecule has 11 aromatic carbocycles. The lowest BCUT2D eigenvalue weighted by Gasteiger charge is -2.32. The first-order valence-corrected chi connectivity index (χ1v) is 24.0. The van der Waals surface area contributed by atoms with Crippen LogP contribution in [0, 0.1) is 0 Å². The standard InChI is InChI=1S/C66H54N2/c1-65(2,3)49-31-39-60-56(41-49)57-42-50(66(4,5)6)32-40-61(57)68(60)59-38-30-48-27-35-54-58(37-29-47-28-36-55(59)63(48)62(47)54)67(51-33-25-44(26-34-51)43-17-10-7-11-18-43)64-52(45-19-12-8-13-20-45)23-16-24-53(64)46-21-14-9-15-22-46/h7-42H,1-6H3. The van der Waals surface area contributed by atoms with E-state index in [1.54, 1.807) is 0 Å². The Labute approximate surface area is 399 Å². The highest BCUT2D eigenvalue weighted by Gasteiger charge is 2.26. The van der Waals surface area contributed by atoms with E-state index in [0.29, 0.717) is 0 Å². The van der Waals surface area contributed by atoms with E-state index in [-0.39, 0.29) is 10.8 Å². The van der Waals surface area contributed by atoms with Gasteiger partial charge in [0.2, 0.25) is 0 Å². The zero-order chi connectivity index (χ0) is 46.3. The maximum Gasteiger partial charge on any atom is 0.0618 e. The van der Waals surface area contributed by atoms with Crippen LogP contribution in [0.3, 0.4) is 0 Å². The molecule has 0 radical (unpaired) electrons. The highest BCUT2D eigenvalue weighted by molar-refractivity contribution is 6.28. The van der Waals surface area contributed by atoms with Crippen LogP contribution < -0.4 is 4.90 Å². The minimum Gasteiger partial charge on any atom is -0.309 e. The predicted octanol–water partition coefficient (Wildman–Crippen LogP) is 18.7. The molecule has 0 amide bonds. The van der Waals surface area contributed by atoms with E-state index in [2.05, 4.69) is 269 Å². The summed E-state index contributed by atoms with van der Waals surface area (Å²) >= 11 is 0. The highest BCUT2D eigenvalue weighted by atomic mass is 15.1. The van der Waals surface area contributed by atoms with Crippen LogP contribution in [0.2, 0.25) is 0 Å². The lowest BCUT2D eigenvalue weighted by Crippen LogP contribution is -2.13. The average molecular weight is 875 g/mol. The first-order chi connectivity index (χ1) is 33.0. The normalized spacial score (nSPS) is 12.3. The van der Waals surface area contributed by atoms with Gasteiger partial charge in [-0.15, -0.1) is 0 Å². The molecule has 0 unspecified atom stereocenters. The third-order valence-corrected chi connectivity index (χ3v) is 14.3. The molecular formula is C66H54N2. The number of fused-ring (bicyclic) bond motifs is 3. The van der Waals surface area contributed by atoms with Gasteiger partial charge in [0.25, 0.3) is 0 Å². The number of hydrogen-bond donors (Lipinski definition) is 0. The van der Waals surface area contributed by atoms with Crippen LogP contribution in [0.25, 0.3) is 93.2 Å². The zero-order valence-corrected chi connectivity index (χ0v) is 39.7. The van der Waals surface area contributed by atoms with E-state index in [9.17, 15) is 0 Å². The van der Waals surface area contributed by atoms with E-state index in [1.165, 1.54) is 104 Å². The van der Waals surface area contributed by atoms with Crippen molar-refractivity contribution in [3.8, 4) is 39.1 Å². The number of benzene rings is 11. The number of hydrogen-bond acceptors (Lipinski definition) is 1. The Morgan fingerprint density at radius 3 is 1.34 bits per heavy atom. The monoisotopic (exact) mass is 874 g/mol. The molecule has 2 nitrogen and oxygen atoms in total. The molecule has 2 heteroatoms. The third-order valence-electron chi connectivity index (χ3n) is 14.3. The molecule has 0 aliphatic carbocycles. The first kappa shape index (κ1) is 41.5. The van der Waals surface area contributed by atoms with Gasteiger partial charge in [0, 0.05) is 38.4 Å². The van der Waals surface area contributed by atoms with Gasteiger partial charge < -0.3 is 9.47 Å². The van der Waals surface area contributed by atoms with Crippen molar-refractivity contribution < 1.29 is 0 Å². The van der Waals surface area contributed by atoms with Crippen molar-refractivity contribution in [3.05, 3.63) is 230 Å². The molecule has 0 saturated heterocycles. The Morgan fingerprint density at radius 1 is 0.353 bits per heavy atom. The van der Waals surface area contributed by atoms with Gasteiger partial charge in [-0.1, -0.05) is 211 Å². The summed E-state index contributed by atoms with van der Waals surface area (Å²) in [5, 5.41) is 10.1. The van der Waals surface area contributed by atoms with Crippen LogP contribution in [0.1, 0.15) is 52.7 Å². The van der Waals surface area contributed by atoms with Crippen molar-refractivity contribution in [2.75, 3.05) is 4.90 Å². The minimum atomic E-state index is 0.0241. The Hall–Kier alpha value is -7.94. The molecule has 0 aliphatic heterocycles. The van der Waals surface area contributed by atoms with Crippen LogP contribution in [0.4, 0.5) is 17.1 Å². The first-order valence-electron chi connectivity index (χ1n) is 24.0. The fourth-order valence-electron chi connectivity index (χ4n) is 10.7. The Bertz CT molecular complexity index is 3700. The van der Waals surface area contributed by atoms with Crippen molar-refractivity contribution in [2.24, 2.45) is 0 Å². The van der Waals surface area contributed by atoms with Gasteiger partial charge in [-0.25, -0.2) is 0 Å². The van der Waals surface area contributed by atoms with Crippen molar-refractivity contribution in [1.82, 2.24) is 4.57 Å². The summed E-state index contributed by atoms with van der Waals surface area (Å²) in [7, 11) is 0. The summed E-state index contributed by atoms with van der Waals surface area (Å²) in [5.41, 5.74) is 16.8. The van der Waals surface area contributed by atoms with Crippen molar-refractivity contribution in [1.29, 1.82) is 0 Å². The molecule has 328 valence electrons. The quantitative estimate of drug-likeness (QED) is 0.145. The fraction of sp³-hybridized carbons (Fsp3) is 0.121. The number of rotatable bonds is 7. The van der Waals surface area contributed by atoms with Gasteiger partial charge in [0.1, 0.15) is 0 Å². The van der Waals surface area contributed by atoms with Gasteiger partial charge in [-0.05, 0) is 114 Å². The molecule has 0 saturated carbocycles. The SMILES string of the molecule is CC(C)(C)c1ccc2c(c1)c1cc(C(C)(C)C)ccc1n2-c1ccc2ccc3c(N(c4ccc(-c5ccccc5)cc4)c4c(-c5ccccc5)cccc4-c4ccccc4)ccc4ccc1c2c43. The minimum absolute atomic E-state index is 0.0241. The van der Waals surface area contributed by atoms with Gasteiger partial charge in [0.15, 0.2) is 0 Å². The van der Waals surface area contributed by atoms with Gasteiger partial charge in [-0.3, -0.25) is 0 Å². The lowest BCUT2D eigenvalue weighted by atomic mass is 9.85. The number of nitrogens with zero attached hydrogens (tertiary/aromatic N) is 2. The van der Waals surface area contributed by atoms with Crippen LogP contribution >= 0.6 is 0 Å². The predicted molar refractivity (Wildman–Crippen MR) is 293 cm³/mol. The molecule has 1 aromatic heterocycles. The van der Waals surface area contributed by atoms with E-state index >= 15 is 0 Å². The molecule has 0 bridgehead atoms. The van der Waals surface area contributed by atoms with Crippen LogP contribution in [-0.4, -0.2) is 4.57 Å². The lowest BCUT2D eigenvalue weighted by molar-refractivity contribution is 0.590. The van der Waals surface area contributed by atoms with Crippen LogP contribution in [0.15, 0.2) is 218 Å². The van der Waals surface area contributed by atoms with Gasteiger partial charge in [0.05, 0.1) is 28.1 Å². The average Bonchev–Trinajstić information content (AvgIpc) is 3.69. The molecule has 12 rings (SSSR count). The second kappa shape index (κ2) is 15.9. The van der Waals surface area contributed by atoms with Crippen LogP contribution in [0.5, 0.6) is 0 Å². The molecule has 0 fully saturated rings. The molecule has 0 spiro atoms. The summed E-state index contributed by atoms with van der Waals surface area (Å²) < 4.78 is 2.53. The number of anilines is 3. The van der Waals surface area contributed by atoms with Gasteiger partial charge in [-0.2, -0.15) is 0 Å². The molecule has 0 aliphatic rings. The Morgan fingerprint density at radius 2 is 0.809 bits per heavy atom. The second-order valence-corrected chi connectivity index (χ2v) is 20.6. The smallest absolute Gasteiger partial charge is 0.0618 e. The highest BCUT2D eigenvalue weighted by Crippen LogP contribution is 2.51. The maximum absolute atomic E-state index is 2.53. The van der Waals surface area contributed by atoms with E-state index < -0.39 is 0 Å². The fourth-order valence-corrected chi connectivity index (χ4v) is 10.7. The van der Waals surface area contributed by atoms with E-state index in [1.807, 2.05) is 0 Å². The number of aromatic nitrogens is 1. The Kier molecular flexibility index (Phi) is 9.67. The second-order valence-electron chi connectivity index (χ2n) is 20.6. The van der Waals surface area contributed by atoms with Gasteiger partial charge >= 0.3 is 0 Å². The topological polar surface area (TPSA) is 8.17 Å².